The quantitative estimate of drug-likeness (QED) is 0.632. The fraction of sp³-hybridized carbons (Fsp3) is 0.400. The minimum atomic E-state index is -0.146. The van der Waals surface area contributed by atoms with Gasteiger partial charge in [0.2, 0.25) is 0 Å². The van der Waals surface area contributed by atoms with Crippen molar-refractivity contribution in [3.63, 3.8) is 0 Å². The highest BCUT2D eigenvalue weighted by molar-refractivity contribution is 6.01. The van der Waals surface area contributed by atoms with Crippen LogP contribution in [0.4, 0.5) is 5.69 Å². The molecule has 4 heteroatoms. The van der Waals surface area contributed by atoms with Crippen LogP contribution in [0, 0.1) is 19.8 Å². The number of anilines is 1. The third-order valence-electron chi connectivity index (χ3n) is 4.44. The third-order valence-corrected chi connectivity index (χ3v) is 4.44. The SMILES string of the molecule is C=C(C)[C@@H]1CC=C(C)/C(=N/NC(=O)CNc2ccc(C)cc2C)C1. The number of allylic oxidation sites excluding steroid dienone is 3. The topological polar surface area (TPSA) is 53.5 Å². The number of carbonyl (C=O) groups excluding carboxylic acids is 1. The number of rotatable bonds is 5. The fourth-order valence-electron chi connectivity index (χ4n) is 2.78. The van der Waals surface area contributed by atoms with E-state index < -0.39 is 0 Å². The third kappa shape index (κ3) is 4.82. The van der Waals surface area contributed by atoms with Crippen LogP contribution in [0.2, 0.25) is 0 Å². The van der Waals surface area contributed by atoms with E-state index in [1.165, 1.54) is 5.56 Å². The summed E-state index contributed by atoms with van der Waals surface area (Å²) in [5, 5.41) is 7.47. The first-order valence-electron chi connectivity index (χ1n) is 8.36. The Kier molecular flexibility index (Phi) is 5.96. The summed E-state index contributed by atoms with van der Waals surface area (Å²) in [6.07, 6.45) is 4.01. The molecule has 1 amide bonds. The monoisotopic (exact) mass is 325 g/mol. The molecule has 2 N–H and O–H groups in total. The molecule has 1 aliphatic carbocycles. The predicted molar refractivity (Wildman–Crippen MR) is 101 cm³/mol. The molecule has 1 aromatic rings. The van der Waals surface area contributed by atoms with Gasteiger partial charge in [-0.05, 0) is 63.7 Å². The van der Waals surface area contributed by atoms with Gasteiger partial charge in [-0.25, -0.2) is 5.43 Å². The Hall–Kier alpha value is -2.36. The number of hydrogen-bond acceptors (Lipinski definition) is 3. The molecule has 0 aliphatic heterocycles. The molecule has 0 saturated heterocycles. The lowest BCUT2D eigenvalue weighted by molar-refractivity contribution is -0.119. The maximum Gasteiger partial charge on any atom is 0.259 e. The number of nitrogens with zero attached hydrogens (tertiary/aromatic N) is 1. The van der Waals surface area contributed by atoms with Crippen LogP contribution < -0.4 is 10.7 Å². The number of nitrogens with one attached hydrogen (secondary N) is 2. The number of hydrogen-bond donors (Lipinski definition) is 2. The molecule has 0 saturated carbocycles. The molecular weight excluding hydrogens is 298 g/mol. The van der Waals surface area contributed by atoms with Crippen molar-refractivity contribution in [2.45, 2.75) is 40.5 Å². The van der Waals surface area contributed by atoms with E-state index in [0.29, 0.717) is 5.92 Å². The predicted octanol–water partition coefficient (Wildman–Crippen LogP) is 4.12. The van der Waals surface area contributed by atoms with Gasteiger partial charge in [-0.3, -0.25) is 4.79 Å². The van der Waals surface area contributed by atoms with E-state index in [0.717, 1.165) is 41.0 Å². The van der Waals surface area contributed by atoms with Crippen LogP contribution >= 0.6 is 0 Å². The minimum Gasteiger partial charge on any atom is -0.376 e. The molecule has 0 spiro atoms. The molecule has 2 rings (SSSR count). The second-order valence-electron chi connectivity index (χ2n) is 6.64. The van der Waals surface area contributed by atoms with Crippen molar-refractivity contribution >= 4 is 17.3 Å². The van der Waals surface area contributed by atoms with Gasteiger partial charge in [0.1, 0.15) is 0 Å². The molecule has 0 heterocycles. The molecule has 1 atom stereocenters. The summed E-state index contributed by atoms with van der Waals surface area (Å²) in [4.78, 5) is 12.0. The van der Waals surface area contributed by atoms with Gasteiger partial charge in [0.15, 0.2) is 0 Å². The zero-order chi connectivity index (χ0) is 17.7. The Bertz CT molecular complexity index is 701. The lowest BCUT2D eigenvalue weighted by Crippen LogP contribution is -2.28. The molecule has 0 radical (unpaired) electrons. The van der Waals surface area contributed by atoms with Crippen LogP contribution in [-0.4, -0.2) is 18.2 Å². The number of aryl methyl sites for hydroxylation is 2. The van der Waals surface area contributed by atoms with Gasteiger partial charge in [0.05, 0.1) is 12.3 Å². The summed E-state index contributed by atoms with van der Waals surface area (Å²) in [6, 6.07) is 6.12. The lowest BCUT2D eigenvalue weighted by Gasteiger charge is -2.22. The van der Waals surface area contributed by atoms with Gasteiger partial charge in [-0.15, -0.1) is 0 Å². The van der Waals surface area contributed by atoms with Crippen molar-refractivity contribution in [1.82, 2.24) is 5.43 Å². The summed E-state index contributed by atoms with van der Waals surface area (Å²) in [6.45, 7) is 12.4. The highest BCUT2D eigenvalue weighted by Gasteiger charge is 2.18. The van der Waals surface area contributed by atoms with Gasteiger partial charge in [0, 0.05) is 5.69 Å². The molecule has 0 aromatic heterocycles. The summed E-state index contributed by atoms with van der Waals surface area (Å²) in [5.74, 6) is 0.269. The molecule has 1 aromatic carbocycles. The van der Waals surface area contributed by atoms with E-state index in [4.69, 9.17) is 0 Å². The molecule has 4 nitrogen and oxygen atoms in total. The summed E-state index contributed by atoms with van der Waals surface area (Å²) in [7, 11) is 0. The van der Waals surface area contributed by atoms with E-state index in [9.17, 15) is 4.79 Å². The van der Waals surface area contributed by atoms with Crippen LogP contribution in [0.5, 0.6) is 0 Å². The largest absolute Gasteiger partial charge is 0.376 e. The Morgan fingerprint density at radius 1 is 1.33 bits per heavy atom. The second-order valence-corrected chi connectivity index (χ2v) is 6.64. The average molecular weight is 325 g/mol. The summed E-state index contributed by atoms with van der Waals surface area (Å²) >= 11 is 0. The van der Waals surface area contributed by atoms with Crippen molar-refractivity contribution in [3.8, 4) is 0 Å². The van der Waals surface area contributed by atoms with Crippen LogP contribution in [-0.2, 0) is 4.79 Å². The van der Waals surface area contributed by atoms with E-state index in [1.807, 2.05) is 32.9 Å². The first kappa shape index (κ1) is 18.0. The molecule has 128 valence electrons. The molecule has 0 bridgehead atoms. The van der Waals surface area contributed by atoms with Crippen LogP contribution in [0.3, 0.4) is 0 Å². The Morgan fingerprint density at radius 3 is 2.75 bits per heavy atom. The molecule has 0 fully saturated rings. The van der Waals surface area contributed by atoms with Crippen LogP contribution in [0.25, 0.3) is 0 Å². The maximum absolute atomic E-state index is 12.0. The van der Waals surface area contributed by atoms with E-state index in [-0.39, 0.29) is 12.5 Å². The van der Waals surface area contributed by atoms with E-state index >= 15 is 0 Å². The zero-order valence-corrected chi connectivity index (χ0v) is 15.1. The first-order valence-corrected chi connectivity index (χ1v) is 8.36. The van der Waals surface area contributed by atoms with Crippen molar-refractivity contribution in [3.05, 3.63) is 53.1 Å². The second kappa shape index (κ2) is 7.95. The number of amides is 1. The van der Waals surface area contributed by atoms with Gasteiger partial charge in [-0.1, -0.05) is 35.9 Å². The summed E-state index contributed by atoms with van der Waals surface area (Å²) in [5.41, 5.74) is 9.20. The van der Waals surface area contributed by atoms with E-state index in [2.05, 4.69) is 41.5 Å². The highest BCUT2D eigenvalue weighted by atomic mass is 16.2. The Labute approximate surface area is 144 Å². The smallest absolute Gasteiger partial charge is 0.259 e. The van der Waals surface area contributed by atoms with Crippen LogP contribution in [0.1, 0.15) is 37.8 Å². The van der Waals surface area contributed by atoms with Crippen molar-refractivity contribution in [1.29, 1.82) is 0 Å². The normalized spacial score (nSPS) is 18.9. The standard InChI is InChI=1S/C20H27N3O/c1-13(2)17-8-7-15(4)19(11-17)22-23-20(24)12-21-18-9-6-14(3)10-16(18)5/h6-7,9-10,17,21H,1,8,11-12H2,2-5H3,(H,23,24)/b22-19+/t17-/m1/s1. The lowest BCUT2D eigenvalue weighted by atomic mass is 9.85. The Balaban J connectivity index is 1.91. The number of benzene rings is 1. The zero-order valence-electron chi connectivity index (χ0n) is 15.1. The molecular formula is C20H27N3O. The summed E-state index contributed by atoms with van der Waals surface area (Å²) < 4.78 is 0. The number of hydrazone groups is 1. The minimum absolute atomic E-state index is 0.146. The molecule has 1 aliphatic rings. The van der Waals surface area contributed by atoms with Crippen molar-refractivity contribution in [2.75, 3.05) is 11.9 Å². The van der Waals surface area contributed by atoms with Crippen LogP contribution in [0.15, 0.2) is 47.1 Å². The molecule has 0 unspecified atom stereocenters. The van der Waals surface area contributed by atoms with Gasteiger partial charge in [-0.2, -0.15) is 5.10 Å². The van der Waals surface area contributed by atoms with Crippen molar-refractivity contribution < 1.29 is 4.79 Å². The Morgan fingerprint density at radius 2 is 2.08 bits per heavy atom. The van der Waals surface area contributed by atoms with E-state index in [1.54, 1.807) is 0 Å². The average Bonchev–Trinajstić information content (AvgIpc) is 2.53. The first-order chi connectivity index (χ1) is 11.4. The van der Waals surface area contributed by atoms with Crippen molar-refractivity contribution in [2.24, 2.45) is 11.0 Å². The number of carbonyl (C=O) groups is 1. The maximum atomic E-state index is 12.0. The highest BCUT2D eigenvalue weighted by Crippen LogP contribution is 2.26. The molecule has 24 heavy (non-hydrogen) atoms. The van der Waals surface area contributed by atoms with Gasteiger partial charge < -0.3 is 5.32 Å². The fourth-order valence-corrected chi connectivity index (χ4v) is 2.78. The van der Waals surface area contributed by atoms with Gasteiger partial charge in [0.25, 0.3) is 5.91 Å². The van der Waals surface area contributed by atoms with Gasteiger partial charge >= 0.3 is 0 Å².